The molecule has 2 N–H and O–H groups in total. The van der Waals surface area contributed by atoms with Gasteiger partial charge in [0.2, 0.25) is 5.91 Å². The van der Waals surface area contributed by atoms with Gasteiger partial charge in [-0.15, -0.1) is 0 Å². The number of hydrogen-bond donors (Lipinski definition) is 1. The van der Waals surface area contributed by atoms with Crippen LogP contribution in [0.1, 0.15) is 25.7 Å². The minimum atomic E-state index is 0.264. The molecule has 5 nitrogen and oxygen atoms in total. The quantitative estimate of drug-likeness (QED) is 0.774. The molecule has 5 heteroatoms. The molecule has 0 aromatic carbocycles. The molecule has 2 saturated heterocycles. The Morgan fingerprint density at radius 3 is 2.33 bits per heavy atom. The highest BCUT2D eigenvalue weighted by molar-refractivity contribution is 5.78. The number of nitrogens with two attached hydrogens (primary N) is 1. The van der Waals surface area contributed by atoms with E-state index in [9.17, 15) is 4.79 Å². The van der Waals surface area contributed by atoms with Gasteiger partial charge in [-0.3, -0.25) is 9.69 Å². The van der Waals surface area contributed by atoms with Crippen LogP contribution in [0.15, 0.2) is 0 Å². The molecule has 0 saturated carbocycles. The normalized spacial score (nSPS) is 24.4. The number of carbonyl (C=O) groups excluding carboxylic acids is 1. The van der Waals surface area contributed by atoms with Crippen LogP contribution in [0.25, 0.3) is 0 Å². The number of likely N-dealkylation sites (tertiary alicyclic amines) is 2. The van der Waals surface area contributed by atoms with Crippen molar-refractivity contribution in [1.82, 2.24) is 9.80 Å². The molecular weight excluding hydrogens is 230 g/mol. The molecule has 2 fully saturated rings. The minimum absolute atomic E-state index is 0.264. The Kier molecular flexibility index (Phi) is 4.97. The monoisotopic (exact) mass is 255 g/mol. The Labute approximate surface area is 109 Å². The van der Waals surface area contributed by atoms with Crippen LogP contribution in [0.5, 0.6) is 0 Å². The second kappa shape index (κ2) is 6.50. The summed E-state index contributed by atoms with van der Waals surface area (Å²) in [6, 6.07) is 0.328. The summed E-state index contributed by atoms with van der Waals surface area (Å²) >= 11 is 0. The fourth-order valence-corrected chi connectivity index (χ4v) is 2.74. The first-order valence-corrected chi connectivity index (χ1v) is 6.97. The number of nitrogens with zero attached hydrogens (tertiary/aromatic N) is 2. The molecule has 0 aromatic heterocycles. The highest BCUT2D eigenvalue weighted by atomic mass is 16.5. The number of carbonyl (C=O) groups is 1. The van der Waals surface area contributed by atoms with E-state index < -0.39 is 0 Å². The average Bonchev–Trinajstić information content (AvgIpc) is 2.41. The molecule has 104 valence electrons. The summed E-state index contributed by atoms with van der Waals surface area (Å²) < 4.78 is 5.32. The third-order valence-corrected chi connectivity index (χ3v) is 4.12. The Balaban J connectivity index is 1.72. The highest BCUT2D eigenvalue weighted by Gasteiger charge is 2.25. The van der Waals surface area contributed by atoms with Crippen molar-refractivity contribution in [3.8, 4) is 0 Å². The van der Waals surface area contributed by atoms with Gasteiger partial charge in [-0.2, -0.15) is 0 Å². The van der Waals surface area contributed by atoms with Crippen LogP contribution < -0.4 is 5.73 Å². The summed E-state index contributed by atoms with van der Waals surface area (Å²) in [6.07, 6.45) is 4.29. The molecule has 0 aliphatic carbocycles. The van der Waals surface area contributed by atoms with Gasteiger partial charge in [-0.1, -0.05) is 0 Å². The maximum atomic E-state index is 12.2. The Hall–Kier alpha value is -0.650. The molecule has 18 heavy (non-hydrogen) atoms. The fraction of sp³-hybridized carbons (Fsp3) is 0.923. The summed E-state index contributed by atoms with van der Waals surface area (Å²) in [6.45, 7) is 4.16. The van der Waals surface area contributed by atoms with E-state index in [0.717, 1.165) is 51.9 Å². The second-order valence-electron chi connectivity index (χ2n) is 5.43. The van der Waals surface area contributed by atoms with E-state index in [-0.39, 0.29) is 5.91 Å². The lowest BCUT2D eigenvalue weighted by atomic mass is 10.1. The standard InChI is InChI=1S/C13H25N3O2/c1-18-12-4-8-16(9-5-12)13(17)10-15-6-2-11(14)3-7-15/h11-12H,2-10,14H2,1H3. The van der Waals surface area contributed by atoms with Crippen molar-refractivity contribution in [3.63, 3.8) is 0 Å². The van der Waals surface area contributed by atoms with E-state index in [0.29, 0.717) is 18.7 Å². The molecule has 2 aliphatic heterocycles. The van der Waals surface area contributed by atoms with E-state index in [1.807, 2.05) is 4.90 Å². The zero-order chi connectivity index (χ0) is 13.0. The SMILES string of the molecule is COC1CCN(C(=O)CN2CCC(N)CC2)CC1. The summed E-state index contributed by atoms with van der Waals surface area (Å²) in [7, 11) is 1.75. The molecular formula is C13H25N3O2. The smallest absolute Gasteiger partial charge is 0.236 e. The number of hydrogen-bond acceptors (Lipinski definition) is 4. The summed E-state index contributed by atoms with van der Waals surface area (Å²) in [5.74, 6) is 0.264. The number of piperidine rings is 2. The summed E-state index contributed by atoms with van der Waals surface area (Å²) in [5, 5.41) is 0. The molecule has 0 radical (unpaired) electrons. The van der Waals surface area contributed by atoms with Crippen LogP contribution in [-0.2, 0) is 9.53 Å². The van der Waals surface area contributed by atoms with E-state index >= 15 is 0 Å². The highest BCUT2D eigenvalue weighted by Crippen LogP contribution is 2.14. The first-order chi connectivity index (χ1) is 8.69. The van der Waals surface area contributed by atoms with E-state index in [2.05, 4.69) is 4.90 Å². The van der Waals surface area contributed by atoms with Crippen LogP contribution >= 0.6 is 0 Å². The van der Waals surface area contributed by atoms with Gasteiger partial charge >= 0.3 is 0 Å². The first kappa shape index (κ1) is 13.8. The van der Waals surface area contributed by atoms with E-state index in [1.165, 1.54) is 0 Å². The maximum absolute atomic E-state index is 12.2. The predicted octanol–water partition coefficient (Wildman–Crippen LogP) is 0.0469. The van der Waals surface area contributed by atoms with Crippen molar-refractivity contribution in [3.05, 3.63) is 0 Å². The van der Waals surface area contributed by atoms with Crippen molar-refractivity contribution in [1.29, 1.82) is 0 Å². The van der Waals surface area contributed by atoms with Gasteiger partial charge in [0.15, 0.2) is 0 Å². The van der Waals surface area contributed by atoms with Gasteiger partial charge in [0.25, 0.3) is 0 Å². The average molecular weight is 255 g/mol. The number of amides is 1. The lowest BCUT2D eigenvalue weighted by molar-refractivity contribution is -0.135. The third kappa shape index (κ3) is 3.67. The van der Waals surface area contributed by atoms with Crippen molar-refractivity contribution in [2.45, 2.75) is 37.8 Å². The van der Waals surface area contributed by atoms with E-state index in [4.69, 9.17) is 10.5 Å². The van der Waals surface area contributed by atoms with Gasteiger partial charge < -0.3 is 15.4 Å². The first-order valence-electron chi connectivity index (χ1n) is 6.97. The molecule has 0 spiro atoms. The van der Waals surface area contributed by atoms with Crippen LogP contribution in [0.2, 0.25) is 0 Å². The van der Waals surface area contributed by atoms with Crippen molar-refractivity contribution >= 4 is 5.91 Å². The largest absolute Gasteiger partial charge is 0.381 e. The summed E-state index contributed by atoms with van der Waals surface area (Å²) in [4.78, 5) is 16.4. The van der Waals surface area contributed by atoms with Crippen LogP contribution in [0.4, 0.5) is 0 Å². The minimum Gasteiger partial charge on any atom is -0.381 e. The molecule has 1 amide bonds. The molecule has 0 aromatic rings. The third-order valence-electron chi connectivity index (χ3n) is 4.12. The van der Waals surface area contributed by atoms with Gasteiger partial charge in [-0.25, -0.2) is 0 Å². The molecule has 2 heterocycles. The Bertz CT molecular complexity index is 269. The molecule has 0 atom stereocenters. The van der Waals surface area contributed by atoms with Crippen LogP contribution in [-0.4, -0.2) is 67.7 Å². The number of ether oxygens (including phenoxy) is 1. The van der Waals surface area contributed by atoms with Gasteiger partial charge in [0.05, 0.1) is 12.6 Å². The molecule has 2 aliphatic rings. The second-order valence-corrected chi connectivity index (χ2v) is 5.43. The van der Waals surface area contributed by atoms with Crippen molar-refractivity contribution < 1.29 is 9.53 Å². The van der Waals surface area contributed by atoms with Crippen LogP contribution in [0, 0.1) is 0 Å². The molecule has 2 rings (SSSR count). The van der Waals surface area contributed by atoms with Crippen molar-refractivity contribution in [2.75, 3.05) is 39.8 Å². The van der Waals surface area contributed by atoms with Gasteiger partial charge in [0.1, 0.15) is 0 Å². The zero-order valence-electron chi connectivity index (χ0n) is 11.3. The lowest BCUT2D eigenvalue weighted by Gasteiger charge is -2.34. The summed E-state index contributed by atoms with van der Waals surface area (Å²) in [5.41, 5.74) is 5.87. The maximum Gasteiger partial charge on any atom is 0.236 e. The number of methoxy groups -OCH3 is 1. The topological polar surface area (TPSA) is 58.8 Å². The Morgan fingerprint density at radius 2 is 1.78 bits per heavy atom. The number of rotatable bonds is 3. The predicted molar refractivity (Wildman–Crippen MR) is 70.3 cm³/mol. The van der Waals surface area contributed by atoms with E-state index in [1.54, 1.807) is 7.11 Å². The van der Waals surface area contributed by atoms with Crippen LogP contribution in [0.3, 0.4) is 0 Å². The van der Waals surface area contributed by atoms with Crippen molar-refractivity contribution in [2.24, 2.45) is 5.73 Å². The fourth-order valence-electron chi connectivity index (χ4n) is 2.74. The molecule has 0 unspecified atom stereocenters. The van der Waals surface area contributed by atoms with Gasteiger partial charge in [-0.05, 0) is 25.7 Å². The molecule has 0 bridgehead atoms. The van der Waals surface area contributed by atoms with Gasteiger partial charge in [0, 0.05) is 39.3 Å². The zero-order valence-corrected chi connectivity index (χ0v) is 11.3. The Morgan fingerprint density at radius 1 is 1.17 bits per heavy atom. The lowest BCUT2D eigenvalue weighted by Crippen LogP contribution is -2.48.